The quantitative estimate of drug-likeness (QED) is 0.282. The van der Waals surface area contributed by atoms with Crippen LogP contribution in [-0.4, -0.2) is 79.0 Å². The number of piperazine rings is 1. The van der Waals surface area contributed by atoms with Crippen LogP contribution in [0.5, 0.6) is 5.88 Å². The molecular formula is C31H38N4O2. The van der Waals surface area contributed by atoms with Gasteiger partial charge in [0.2, 0.25) is 11.8 Å². The van der Waals surface area contributed by atoms with E-state index in [1.165, 1.54) is 11.1 Å². The normalized spacial score (nSPS) is 14.8. The third-order valence-corrected chi connectivity index (χ3v) is 6.98. The fraction of sp³-hybridized carbons (Fsp3) is 0.355. The zero-order valence-electron chi connectivity index (χ0n) is 22.0. The van der Waals surface area contributed by atoms with Crippen molar-refractivity contribution >= 4 is 12.0 Å². The number of carbonyl (C=O) groups excluding carboxylic acids is 1. The lowest BCUT2D eigenvalue weighted by Gasteiger charge is -2.40. The maximum atomic E-state index is 12.4. The summed E-state index contributed by atoms with van der Waals surface area (Å²) in [4.78, 5) is 23.6. The minimum absolute atomic E-state index is 0.0114. The monoisotopic (exact) mass is 498 g/mol. The van der Waals surface area contributed by atoms with Gasteiger partial charge >= 0.3 is 0 Å². The third kappa shape index (κ3) is 7.75. The van der Waals surface area contributed by atoms with Gasteiger partial charge in [-0.05, 0) is 48.2 Å². The highest BCUT2D eigenvalue weighted by molar-refractivity contribution is 5.91. The van der Waals surface area contributed by atoms with Gasteiger partial charge in [-0.15, -0.1) is 0 Å². The van der Waals surface area contributed by atoms with Gasteiger partial charge in [0.25, 0.3) is 0 Å². The molecule has 6 heteroatoms. The van der Waals surface area contributed by atoms with Crippen LogP contribution in [0.2, 0.25) is 0 Å². The number of likely N-dealkylation sites (N-methyl/N-ethyl adjacent to an activating group) is 1. The largest absolute Gasteiger partial charge is 0.481 e. The molecule has 0 radical (unpaired) electrons. The number of unbranched alkanes of at least 4 members (excludes halogenated alkanes) is 1. The number of pyridine rings is 1. The summed E-state index contributed by atoms with van der Waals surface area (Å²) < 4.78 is 5.07. The highest BCUT2D eigenvalue weighted by Crippen LogP contribution is 2.29. The zero-order valence-corrected chi connectivity index (χ0v) is 22.0. The van der Waals surface area contributed by atoms with Gasteiger partial charge in [-0.25, -0.2) is 4.98 Å². The molecule has 1 aromatic heterocycles. The van der Waals surface area contributed by atoms with Crippen molar-refractivity contribution in [1.82, 2.24) is 19.7 Å². The second kappa shape index (κ2) is 13.7. The molecule has 37 heavy (non-hydrogen) atoms. The number of aromatic nitrogens is 1. The molecule has 1 amide bonds. The number of rotatable bonds is 11. The van der Waals surface area contributed by atoms with Crippen molar-refractivity contribution in [2.45, 2.75) is 18.9 Å². The molecule has 1 fully saturated rings. The molecule has 0 saturated carbocycles. The first-order valence-electron chi connectivity index (χ1n) is 13.1. The molecule has 0 aliphatic carbocycles. The molecule has 194 valence electrons. The Morgan fingerprint density at radius 3 is 2.16 bits per heavy atom. The minimum Gasteiger partial charge on any atom is -0.481 e. The molecule has 0 atom stereocenters. The first-order chi connectivity index (χ1) is 18.1. The lowest BCUT2D eigenvalue weighted by molar-refractivity contribution is -0.124. The summed E-state index contributed by atoms with van der Waals surface area (Å²) in [5.41, 5.74) is 3.59. The molecule has 1 aliphatic rings. The first kappa shape index (κ1) is 26.6. The molecule has 3 aromatic rings. The predicted octanol–water partition coefficient (Wildman–Crippen LogP) is 4.75. The summed E-state index contributed by atoms with van der Waals surface area (Å²) in [5, 5.41) is 0. The van der Waals surface area contributed by atoms with E-state index in [9.17, 15) is 4.79 Å². The molecule has 4 rings (SSSR count). The summed E-state index contributed by atoms with van der Waals surface area (Å²) in [6.45, 7) is 6.08. The summed E-state index contributed by atoms with van der Waals surface area (Å²) >= 11 is 0. The highest BCUT2D eigenvalue weighted by atomic mass is 16.5. The molecule has 0 bridgehead atoms. The number of amides is 1. The van der Waals surface area contributed by atoms with Crippen LogP contribution >= 0.6 is 0 Å². The van der Waals surface area contributed by atoms with Gasteiger partial charge in [-0.3, -0.25) is 9.69 Å². The van der Waals surface area contributed by atoms with Crippen LogP contribution in [0.1, 0.15) is 35.6 Å². The van der Waals surface area contributed by atoms with E-state index in [1.807, 2.05) is 13.1 Å². The maximum absolute atomic E-state index is 12.4. The van der Waals surface area contributed by atoms with Crippen molar-refractivity contribution in [1.29, 1.82) is 0 Å². The van der Waals surface area contributed by atoms with Crippen LogP contribution in [0.3, 0.4) is 0 Å². The standard InChI is InChI=1S/C31H38N4O2/c1-33(30(36)18-16-26-15-17-29(37-2)32-25-26)19-9-10-20-34-21-23-35(24-22-34)31(27-11-5-3-6-12-27)28-13-7-4-8-14-28/h3-8,11-18,25,31H,9-10,19-24H2,1-2H3/b18-16+. The Balaban J connectivity index is 1.19. The van der Waals surface area contributed by atoms with Gasteiger partial charge < -0.3 is 14.5 Å². The van der Waals surface area contributed by atoms with Crippen LogP contribution in [-0.2, 0) is 4.79 Å². The fourth-order valence-corrected chi connectivity index (χ4v) is 4.83. The fourth-order valence-electron chi connectivity index (χ4n) is 4.83. The predicted molar refractivity (Wildman–Crippen MR) is 149 cm³/mol. The molecule has 1 saturated heterocycles. The van der Waals surface area contributed by atoms with Gasteiger partial charge in [-0.2, -0.15) is 0 Å². The molecule has 0 N–H and O–H groups in total. The number of ether oxygens (including phenoxy) is 1. The lowest BCUT2D eigenvalue weighted by atomic mass is 9.96. The maximum Gasteiger partial charge on any atom is 0.246 e. The van der Waals surface area contributed by atoms with Crippen LogP contribution in [0.4, 0.5) is 0 Å². The second-order valence-electron chi connectivity index (χ2n) is 9.54. The summed E-state index contributed by atoms with van der Waals surface area (Å²) in [6, 6.07) is 25.6. The van der Waals surface area contributed by atoms with E-state index in [1.54, 1.807) is 36.4 Å². The van der Waals surface area contributed by atoms with E-state index in [2.05, 4.69) is 75.4 Å². The van der Waals surface area contributed by atoms with E-state index in [0.29, 0.717) is 11.9 Å². The van der Waals surface area contributed by atoms with Crippen LogP contribution < -0.4 is 4.74 Å². The molecule has 0 spiro atoms. The Kier molecular flexibility index (Phi) is 9.86. The topological polar surface area (TPSA) is 48.9 Å². The Morgan fingerprint density at radius 1 is 0.946 bits per heavy atom. The molecule has 2 heterocycles. The average molecular weight is 499 g/mol. The summed E-state index contributed by atoms with van der Waals surface area (Å²) in [5.74, 6) is 0.575. The van der Waals surface area contributed by atoms with E-state index in [4.69, 9.17) is 4.74 Å². The van der Waals surface area contributed by atoms with Crippen molar-refractivity contribution in [2.75, 3.05) is 53.4 Å². The van der Waals surface area contributed by atoms with Crippen LogP contribution in [0.15, 0.2) is 85.1 Å². The number of carbonyl (C=O) groups is 1. The molecular weight excluding hydrogens is 460 g/mol. The van der Waals surface area contributed by atoms with E-state index in [-0.39, 0.29) is 5.91 Å². The van der Waals surface area contributed by atoms with Crippen LogP contribution in [0, 0.1) is 0 Å². The number of methoxy groups -OCH3 is 1. The lowest BCUT2D eigenvalue weighted by Crippen LogP contribution is -2.48. The van der Waals surface area contributed by atoms with Gasteiger partial charge in [-0.1, -0.05) is 60.7 Å². The van der Waals surface area contributed by atoms with Gasteiger partial charge in [0, 0.05) is 58.1 Å². The molecule has 1 aliphatic heterocycles. The number of hydrogen-bond donors (Lipinski definition) is 0. The highest BCUT2D eigenvalue weighted by Gasteiger charge is 2.26. The Bertz CT molecular complexity index is 1070. The Morgan fingerprint density at radius 2 is 1.59 bits per heavy atom. The summed E-state index contributed by atoms with van der Waals surface area (Å²) in [6.07, 6.45) is 7.19. The third-order valence-electron chi connectivity index (χ3n) is 6.98. The van der Waals surface area contributed by atoms with Gasteiger partial charge in [0.05, 0.1) is 13.2 Å². The number of benzene rings is 2. The number of hydrogen-bond acceptors (Lipinski definition) is 5. The molecule has 0 unspecified atom stereocenters. The van der Waals surface area contributed by atoms with Crippen LogP contribution in [0.25, 0.3) is 6.08 Å². The number of nitrogens with zero attached hydrogens (tertiary/aromatic N) is 4. The summed E-state index contributed by atoms with van der Waals surface area (Å²) in [7, 11) is 3.45. The minimum atomic E-state index is 0.0114. The van der Waals surface area contributed by atoms with Crippen molar-refractivity contribution < 1.29 is 9.53 Å². The van der Waals surface area contributed by atoms with E-state index >= 15 is 0 Å². The Labute approximate surface area is 221 Å². The van der Waals surface area contributed by atoms with Gasteiger partial charge in [0.1, 0.15) is 0 Å². The average Bonchev–Trinajstić information content (AvgIpc) is 2.96. The molecule has 6 nitrogen and oxygen atoms in total. The first-order valence-corrected chi connectivity index (χ1v) is 13.1. The van der Waals surface area contributed by atoms with Crippen molar-refractivity contribution in [3.63, 3.8) is 0 Å². The SMILES string of the molecule is COc1ccc(/C=C/C(=O)N(C)CCCCN2CCN(C(c3ccccc3)c3ccccc3)CC2)cn1. The van der Waals surface area contributed by atoms with Gasteiger partial charge in [0.15, 0.2) is 0 Å². The van der Waals surface area contributed by atoms with Crippen molar-refractivity contribution in [3.05, 3.63) is 102 Å². The second-order valence-corrected chi connectivity index (χ2v) is 9.54. The van der Waals surface area contributed by atoms with Crippen molar-refractivity contribution in [2.24, 2.45) is 0 Å². The molecule has 2 aromatic carbocycles. The van der Waals surface area contributed by atoms with E-state index < -0.39 is 0 Å². The smallest absolute Gasteiger partial charge is 0.246 e. The zero-order chi connectivity index (χ0) is 25.9. The van der Waals surface area contributed by atoms with Crippen molar-refractivity contribution in [3.8, 4) is 5.88 Å². The Hall–Kier alpha value is -3.48. The van der Waals surface area contributed by atoms with E-state index in [0.717, 1.165) is 57.7 Å².